The van der Waals surface area contributed by atoms with Gasteiger partial charge in [-0.2, -0.15) is 13.2 Å². The molecule has 6 heteroatoms. The first-order chi connectivity index (χ1) is 6.49. The largest absolute Gasteiger partial charge is 0.495 e. The van der Waals surface area contributed by atoms with Crippen LogP contribution in [0.15, 0.2) is 12.3 Å². The third-order valence-electron chi connectivity index (χ3n) is 1.55. The zero-order valence-electron chi connectivity index (χ0n) is 7.55. The van der Waals surface area contributed by atoms with Crippen molar-refractivity contribution in [3.8, 4) is 11.5 Å². The molecule has 0 amide bonds. The highest BCUT2D eigenvalue weighted by Gasteiger charge is 2.36. The zero-order chi connectivity index (χ0) is 10.8. The van der Waals surface area contributed by atoms with Gasteiger partial charge in [0.25, 0.3) is 0 Å². The lowest BCUT2D eigenvalue weighted by molar-refractivity contribution is -0.142. The van der Waals surface area contributed by atoms with Crippen LogP contribution in [-0.4, -0.2) is 19.2 Å². The van der Waals surface area contributed by atoms with Gasteiger partial charge in [0.05, 0.1) is 20.4 Å². The summed E-state index contributed by atoms with van der Waals surface area (Å²) in [5.41, 5.74) is -1.05. The molecule has 0 aliphatic carbocycles. The molecule has 0 N–H and O–H groups in total. The summed E-state index contributed by atoms with van der Waals surface area (Å²) in [7, 11) is 2.48. The van der Waals surface area contributed by atoms with E-state index in [2.05, 4.69) is 9.72 Å². The third kappa shape index (κ3) is 2.07. The Labute approximate surface area is 78.5 Å². The molecule has 3 nitrogen and oxygen atoms in total. The van der Waals surface area contributed by atoms with E-state index in [0.717, 1.165) is 19.4 Å². The number of nitrogens with zero attached hydrogens (tertiary/aromatic N) is 1. The first kappa shape index (κ1) is 10.6. The summed E-state index contributed by atoms with van der Waals surface area (Å²) in [5, 5.41) is 0. The topological polar surface area (TPSA) is 31.4 Å². The fourth-order valence-electron chi connectivity index (χ4n) is 0.907. The minimum absolute atomic E-state index is 0.217. The lowest BCUT2D eigenvalue weighted by atomic mass is 10.3. The highest BCUT2D eigenvalue weighted by atomic mass is 19.4. The standard InChI is InChI=1S/C8H8F3NO2/c1-13-5-3-6(14-2)7(12-4-5)8(9,10)11/h3-4H,1-2H3. The van der Waals surface area contributed by atoms with Crippen molar-refractivity contribution in [3.05, 3.63) is 18.0 Å². The molecule has 0 aliphatic rings. The molecule has 0 unspecified atom stereocenters. The number of rotatable bonds is 2. The highest BCUT2D eigenvalue weighted by molar-refractivity contribution is 5.36. The normalized spacial score (nSPS) is 11.2. The second kappa shape index (κ2) is 3.73. The van der Waals surface area contributed by atoms with E-state index in [0.29, 0.717) is 0 Å². The number of alkyl halides is 3. The SMILES string of the molecule is COc1cnc(C(F)(F)F)c(OC)c1. The van der Waals surface area contributed by atoms with Gasteiger partial charge in [0.15, 0.2) is 11.4 Å². The maximum absolute atomic E-state index is 12.3. The predicted molar refractivity (Wildman–Crippen MR) is 42.3 cm³/mol. The van der Waals surface area contributed by atoms with Gasteiger partial charge in [-0.1, -0.05) is 0 Å². The van der Waals surface area contributed by atoms with Crippen LogP contribution in [0.1, 0.15) is 5.69 Å². The molecule has 0 saturated heterocycles. The van der Waals surface area contributed by atoms with Crippen LogP contribution in [0, 0.1) is 0 Å². The van der Waals surface area contributed by atoms with Gasteiger partial charge in [-0.05, 0) is 0 Å². The fourth-order valence-corrected chi connectivity index (χ4v) is 0.907. The van der Waals surface area contributed by atoms with E-state index in [1.165, 1.54) is 7.11 Å². The van der Waals surface area contributed by atoms with Gasteiger partial charge in [0, 0.05) is 6.07 Å². The minimum atomic E-state index is -4.52. The lowest BCUT2D eigenvalue weighted by Gasteiger charge is -2.11. The molecule has 0 saturated carbocycles. The summed E-state index contributed by atoms with van der Waals surface area (Å²) >= 11 is 0. The molecule has 0 bridgehead atoms. The molecule has 0 aliphatic heterocycles. The number of hydrogen-bond donors (Lipinski definition) is 0. The quantitative estimate of drug-likeness (QED) is 0.744. The number of ether oxygens (including phenoxy) is 2. The second-order valence-corrected chi connectivity index (χ2v) is 2.42. The van der Waals surface area contributed by atoms with Crippen LogP contribution in [0.5, 0.6) is 11.5 Å². The Kier molecular flexibility index (Phi) is 2.83. The lowest BCUT2D eigenvalue weighted by Crippen LogP contribution is -2.10. The van der Waals surface area contributed by atoms with Gasteiger partial charge in [-0.3, -0.25) is 0 Å². The van der Waals surface area contributed by atoms with Crippen molar-refractivity contribution in [1.29, 1.82) is 0 Å². The van der Waals surface area contributed by atoms with Gasteiger partial charge in [0.2, 0.25) is 0 Å². The van der Waals surface area contributed by atoms with Crippen molar-refractivity contribution in [2.24, 2.45) is 0 Å². The van der Waals surface area contributed by atoms with Crippen molar-refractivity contribution >= 4 is 0 Å². The Balaban J connectivity index is 3.18. The van der Waals surface area contributed by atoms with Crippen LogP contribution in [0.2, 0.25) is 0 Å². The number of pyridine rings is 1. The summed E-state index contributed by atoms with van der Waals surface area (Å²) in [6.07, 6.45) is -3.52. The Hall–Kier alpha value is -1.46. The van der Waals surface area contributed by atoms with E-state index < -0.39 is 11.9 Å². The van der Waals surface area contributed by atoms with Crippen molar-refractivity contribution in [2.75, 3.05) is 14.2 Å². The molecule has 14 heavy (non-hydrogen) atoms. The van der Waals surface area contributed by atoms with Crippen LogP contribution < -0.4 is 9.47 Å². The van der Waals surface area contributed by atoms with Crippen LogP contribution in [-0.2, 0) is 6.18 Å². The Morgan fingerprint density at radius 2 is 1.86 bits per heavy atom. The minimum Gasteiger partial charge on any atom is -0.495 e. The monoisotopic (exact) mass is 207 g/mol. The second-order valence-electron chi connectivity index (χ2n) is 2.42. The summed E-state index contributed by atoms with van der Waals surface area (Å²) in [6.45, 7) is 0. The van der Waals surface area contributed by atoms with Gasteiger partial charge in [-0.25, -0.2) is 4.98 Å². The molecule has 0 spiro atoms. The average Bonchev–Trinajstić information content (AvgIpc) is 2.15. The molecule has 0 atom stereocenters. The van der Waals surface area contributed by atoms with Gasteiger partial charge >= 0.3 is 6.18 Å². The smallest absolute Gasteiger partial charge is 0.437 e. The summed E-state index contributed by atoms with van der Waals surface area (Å²) in [4.78, 5) is 3.22. The van der Waals surface area contributed by atoms with Crippen LogP contribution in [0.4, 0.5) is 13.2 Å². The predicted octanol–water partition coefficient (Wildman–Crippen LogP) is 2.12. The Bertz CT molecular complexity index is 325. The summed E-state index contributed by atoms with van der Waals surface area (Å²) < 4.78 is 46.1. The fraction of sp³-hybridized carbons (Fsp3) is 0.375. The molecule has 0 radical (unpaired) electrons. The van der Waals surface area contributed by atoms with Crippen molar-refractivity contribution in [2.45, 2.75) is 6.18 Å². The van der Waals surface area contributed by atoms with Crippen molar-refractivity contribution in [3.63, 3.8) is 0 Å². The zero-order valence-corrected chi connectivity index (χ0v) is 7.55. The molecule has 1 aromatic rings. The Morgan fingerprint density at radius 3 is 2.29 bits per heavy atom. The maximum atomic E-state index is 12.3. The van der Waals surface area contributed by atoms with E-state index in [4.69, 9.17) is 4.74 Å². The molecule has 1 rings (SSSR count). The molecule has 0 aromatic carbocycles. The molecule has 0 fully saturated rings. The number of halogens is 3. The van der Waals surface area contributed by atoms with Gasteiger partial charge < -0.3 is 9.47 Å². The average molecular weight is 207 g/mol. The van der Waals surface area contributed by atoms with E-state index >= 15 is 0 Å². The highest BCUT2D eigenvalue weighted by Crippen LogP contribution is 2.35. The van der Waals surface area contributed by atoms with E-state index in [-0.39, 0.29) is 11.5 Å². The number of hydrogen-bond acceptors (Lipinski definition) is 3. The van der Waals surface area contributed by atoms with Gasteiger partial charge in [0.1, 0.15) is 5.75 Å². The van der Waals surface area contributed by atoms with E-state index in [1.807, 2.05) is 0 Å². The first-order valence-electron chi connectivity index (χ1n) is 3.64. The van der Waals surface area contributed by atoms with Crippen molar-refractivity contribution < 1.29 is 22.6 Å². The van der Waals surface area contributed by atoms with Crippen LogP contribution >= 0.6 is 0 Å². The maximum Gasteiger partial charge on any atom is 0.437 e. The van der Waals surface area contributed by atoms with Crippen LogP contribution in [0.3, 0.4) is 0 Å². The Morgan fingerprint density at radius 1 is 1.21 bits per heavy atom. The molecular formula is C8H8F3NO2. The molecule has 1 heterocycles. The number of methoxy groups -OCH3 is 2. The third-order valence-corrected chi connectivity index (χ3v) is 1.55. The van der Waals surface area contributed by atoms with Crippen molar-refractivity contribution in [1.82, 2.24) is 4.98 Å². The van der Waals surface area contributed by atoms with E-state index in [1.54, 1.807) is 0 Å². The first-order valence-corrected chi connectivity index (χ1v) is 3.64. The summed E-state index contributed by atoms with van der Waals surface area (Å²) in [6, 6.07) is 1.13. The van der Waals surface area contributed by atoms with E-state index in [9.17, 15) is 13.2 Å². The number of aromatic nitrogens is 1. The molecule has 1 aromatic heterocycles. The van der Waals surface area contributed by atoms with Gasteiger partial charge in [-0.15, -0.1) is 0 Å². The molecular weight excluding hydrogens is 199 g/mol. The molecule has 78 valence electrons. The van der Waals surface area contributed by atoms with Crippen LogP contribution in [0.25, 0.3) is 0 Å². The summed E-state index contributed by atoms with van der Waals surface area (Å²) in [5.74, 6) is -0.133.